The molecule has 1 aromatic carbocycles. The quantitative estimate of drug-likeness (QED) is 0.550. The van der Waals surface area contributed by atoms with E-state index in [0.29, 0.717) is 19.6 Å². The molecule has 1 unspecified atom stereocenters. The van der Waals surface area contributed by atoms with Gasteiger partial charge in [0.15, 0.2) is 0 Å². The van der Waals surface area contributed by atoms with Gasteiger partial charge in [0, 0.05) is 31.9 Å². The van der Waals surface area contributed by atoms with Gasteiger partial charge in [-0.15, -0.1) is 0 Å². The number of benzene rings is 1. The van der Waals surface area contributed by atoms with Gasteiger partial charge in [-0.2, -0.15) is 4.31 Å². The Labute approximate surface area is 190 Å². The number of carbonyl (C=O) groups excluding carboxylic acids is 1. The molecule has 0 bridgehead atoms. The largest absolute Gasteiger partial charge is 0.353 e. The van der Waals surface area contributed by atoms with Crippen molar-refractivity contribution in [1.29, 1.82) is 0 Å². The number of nitrogens with one attached hydrogen (secondary N) is 1. The van der Waals surface area contributed by atoms with Crippen LogP contribution >= 0.6 is 0 Å². The minimum atomic E-state index is -3.72. The van der Waals surface area contributed by atoms with Gasteiger partial charge in [-0.05, 0) is 37.7 Å². The van der Waals surface area contributed by atoms with Gasteiger partial charge in [0.25, 0.3) is 5.56 Å². The molecule has 9 heteroatoms. The average Bonchev–Trinajstić information content (AvgIpc) is 2.76. The Kier molecular flexibility index (Phi) is 9.18. The fourth-order valence-corrected chi connectivity index (χ4v) is 4.97. The monoisotopic (exact) mass is 462 g/mol. The van der Waals surface area contributed by atoms with Gasteiger partial charge >= 0.3 is 0 Å². The smallest absolute Gasteiger partial charge is 0.251 e. The fourth-order valence-electron chi connectivity index (χ4n) is 3.49. The summed E-state index contributed by atoms with van der Waals surface area (Å²) in [6, 6.07) is 10.7. The zero-order valence-electron chi connectivity index (χ0n) is 19.5. The van der Waals surface area contributed by atoms with Gasteiger partial charge in [-0.3, -0.25) is 9.59 Å². The summed E-state index contributed by atoms with van der Waals surface area (Å²) in [5, 5.41) is 2.87. The Morgan fingerprint density at radius 3 is 2.19 bits per heavy atom. The molecule has 0 aliphatic heterocycles. The zero-order valence-corrected chi connectivity index (χ0v) is 20.4. The van der Waals surface area contributed by atoms with Crippen LogP contribution < -0.4 is 10.9 Å². The van der Waals surface area contributed by atoms with Gasteiger partial charge in [-0.1, -0.05) is 45.0 Å². The normalized spacial score (nSPS) is 12.8. The summed E-state index contributed by atoms with van der Waals surface area (Å²) < 4.78 is 27.9. The molecule has 1 aromatic heterocycles. The molecule has 0 aliphatic rings. The molecule has 0 fully saturated rings. The highest BCUT2D eigenvalue weighted by molar-refractivity contribution is 7.89. The summed E-state index contributed by atoms with van der Waals surface area (Å²) in [4.78, 5) is 26.8. The molecule has 8 nitrogen and oxygen atoms in total. The summed E-state index contributed by atoms with van der Waals surface area (Å²) in [6.45, 7) is 6.36. The second-order valence-electron chi connectivity index (χ2n) is 7.80. The van der Waals surface area contributed by atoms with Crippen LogP contribution in [0.2, 0.25) is 0 Å². The lowest BCUT2D eigenvalue weighted by Gasteiger charge is -2.25. The highest BCUT2D eigenvalue weighted by Crippen LogP contribution is 2.18. The Morgan fingerprint density at radius 1 is 1.03 bits per heavy atom. The Bertz CT molecular complexity index is 1060. The van der Waals surface area contributed by atoms with Crippen LogP contribution in [0.25, 0.3) is 0 Å². The van der Waals surface area contributed by atoms with E-state index in [4.69, 9.17) is 0 Å². The first-order valence-electron chi connectivity index (χ1n) is 10.9. The molecular formula is C23H34N4O4S. The van der Waals surface area contributed by atoms with Crippen molar-refractivity contribution in [1.82, 2.24) is 19.1 Å². The summed E-state index contributed by atoms with van der Waals surface area (Å²) in [6.07, 6.45) is 2.20. The van der Waals surface area contributed by atoms with E-state index in [2.05, 4.69) is 36.5 Å². The Morgan fingerprint density at radius 2 is 1.66 bits per heavy atom. The van der Waals surface area contributed by atoms with Gasteiger partial charge in [-0.25, -0.2) is 8.42 Å². The Balaban J connectivity index is 2.14. The first kappa shape index (κ1) is 25.8. The van der Waals surface area contributed by atoms with E-state index >= 15 is 0 Å². The van der Waals surface area contributed by atoms with Crippen molar-refractivity contribution >= 4 is 15.9 Å². The molecular weight excluding hydrogens is 428 g/mol. The van der Waals surface area contributed by atoms with E-state index in [1.165, 1.54) is 28.2 Å². The fraction of sp³-hybridized carbons (Fsp3) is 0.478. The SMILES string of the molecule is CCc1ccc(C(CNC(=O)Cn2cc(S(=O)(=O)N(CC)CC)ccc2=O)N(C)C)cc1. The first-order valence-corrected chi connectivity index (χ1v) is 12.3. The summed E-state index contributed by atoms with van der Waals surface area (Å²) >= 11 is 0. The van der Waals surface area contributed by atoms with Crippen molar-refractivity contribution in [2.75, 3.05) is 33.7 Å². The number of nitrogens with zero attached hydrogens (tertiary/aromatic N) is 3. The minimum absolute atomic E-state index is 0.00391. The zero-order chi connectivity index (χ0) is 23.9. The maximum absolute atomic E-state index is 12.7. The molecule has 1 atom stereocenters. The topological polar surface area (TPSA) is 91.7 Å². The van der Waals surface area contributed by atoms with Crippen LogP contribution in [0.5, 0.6) is 0 Å². The van der Waals surface area contributed by atoms with Gasteiger partial charge < -0.3 is 14.8 Å². The molecule has 1 amide bonds. The van der Waals surface area contributed by atoms with Crippen LogP contribution in [0.4, 0.5) is 0 Å². The number of amides is 1. The van der Waals surface area contributed by atoms with Crippen LogP contribution in [-0.2, 0) is 27.8 Å². The lowest BCUT2D eigenvalue weighted by Crippen LogP contribution is -2.38. The third-order valence-electron chi connectivity index (χ3n) is 5.50. The number of aromatic nitrogens is 1. The molecule has 0 spiro atoms. The van der Waals surface area contributed by atoms with Crippen LogP contribution in [-0.4, -0.2) is 61.8 Å². The standard InChI is InChI=1S/C23H34N4O4S/c1-6-18-9-11-19(12-10-18)21(25(4)5)15-24-22(28)17-26-16-20(13-14-23(26)29)32(30,31)27(7-2)8-3/h9-14,16,21H,6-8,15,17H2,1-5H3,(H,24,28). The van der Waals surface area contributed by atoms with E-state index in [1.54, 1.807) is 13.8 Å². The van der Waals surface area contributed by atoms with Crippen LogP contribution in [0.3, 0.4) is 0 Å². The number of pyridine rings is 1. The van der Waals surface area contributed by atoms with Crippen molar-refractivity contribution in [2.45, 2.75) is 44.7 Å². The lowest BCUT2D eigenvalue weighted by atomic mass is 10.0. The number of hydrogen-bond acceptors (Lipinski definition) is 5. The second kappa shape index (κ2) is 11.4. The predicted molar refractivity (Wildman–Crippen MR) is 126 cm³/mol. The van der Waals surface area contributed by atoms with Crippen LogP contribution in [0.15, 0.2) is 52.3 Å². The van der Waals surface area contributed by atoms with E-state index in [9.17, 15) is 18.0 Å². The molecule has 32 heavy (non-hydrogen) atoms. The van der Waals surface area contributed by atoms with E-state index in [1.807, 2.05) is 19.0 Å². The maximum atomic E-state index is 12.7. The summed E-state index contributed by atoms with van der Waals surface area (Å²) in [5.41, 5.74) is 1.89. The van der Waals surface area contributed by atoms with Crippen molar-refractivity contribution in [3.05, 3.63) is 64.1 Å². The predicted octanol–water partition coefficient (Wildman–Crippen LogP) is 1.86. The molecule has 0 radical (unpaired) electrons. The molecule has 1 N–H and O–H groups in total. The second-order valence-corrected chi connectivity index (χ2v) is 9.74. The maximum Gasteiger partial charge on any atom is 0.251 e. The number of hydrogen-bond donors (Lipinski definition) is 1. The van der Waals surface area contributed by atoms with E-state index < -0.39 is 15.6 Å². The highest BCUT2D eigenvalue weighted by atomic mass is 32.2. The molecule has 0 saturated carbocycles. The molecule has 0 aliphatic carbocycles. The van der Waals surface area contributed by atoms with Crippen molar-refractivity contribution in [3.8, 4) is 0 Å². The number of rotatable bonds is 11. The average molecular weight is 463 g/mol. The van der Waals surface area contributed by atoms with Crippen LogP contribution in [0.1, 0.15) is 37.9 Å². The number of likely N-dealkylation sites (N-methyl/N-ethyl adjacent to an activating group) is 1. The minimum Gasteiger partial charge on any atom is -0.353 e. The molecule has 0 saturated heterocycles. The lowest BCUT2D eigenvalue weighted by molar-refractivity contribution is -0.121. The van der Waals surface area contributed by atoms with Crippen molar-refractivity contribution < 1.29 is 13.2 Å². The summed E-state index contributed by atoms with van der Waals surface area (Å²) in [5.74, 6) is -0.360. The molecule has 2 aromatic rings. The Hall–Kier alpha value is -2.49. The first-order chi connectivity index (χ1) is 15.1. The van der Waals surface area contributed by atoms with Crippen molar-refractivity contribution in [2.24, 2.45) is 0 Å². The molecule has 2 rings (SSSR count). The number of carbonyl (C=O) groups is 1. The van der Waals surface area contributed by atoms with Gasteiger partial charge in [0.2, 0.25) is 15.9 Å². The van der Waals surface area contributed by atoms with E-state index in [-0.39, 0.29) is 23.4 Å². The number of aryl methyl sites for hydroxylation is 1. The molecule has 1 heterocycles. The molecule has 176 valence electrons. The third kappa shape index (κ3) is 6.27. The van der Waals surface area contributed by atoms with Gasteiger partial charge in [0.05, 0.1) is 10.9 Å². The highest BCUT2D eigenvalue weighted by Gasteiger charge is 2.23. The van der Waals surface area contributed by atoms with Crippen LogP contribution in [0, 0.1) is 0 Å². The van der Waals surface area contributed by atoms with Crippen molar-refractivity contribution in [3.63, 3.8) is 0 Å². The number of sulfonamides is 1. The third-order valence-corrected chi connectivity index (χ3v) is 7.54. The van der Waals surface area contributed by atoms with E-state index in [0.717, 1.165) is 16.6 Å². The summed E-state index contributed by atoms with van der Waals surface area (Å²) in [7, 11) is 0.162. The van der Waals surface area contributed by atoms with Gasteiger partial charge in [0.1, 0.15) is 6.54 Å².